The van der Waals surface area contributed by atoms with E-state index in [0.29, 0.717) is 19.5 Å². The molecule has 1 saturated carbocycles. The molecule has 0 N–H and O–H groups in total. The summed E-state index contributed by atoms with van der Waals surface area (Å²) in [5.41, 5.74) is 4.20. The van der Waals surface area contributed by atoms with Crippen molar-refractivity contribution in [2.45, 2.75) is 63.6 Å². The lowest BCUT2D eigenvalue weighted by molar-refractivity contribution is -0.135. The molecule has 0 radical (unpaired) electrons. The van der Waals surface area contributed by atoms with Gasteiger partial charge in [-0.05, 0) is 42.0 Å². The molecule has 1 fully saturated rings. The number of hydrogen-bond donors (Lipinski definition) is 0. The fourth-order valence-electron chi connectivity index (χ4n) is 5.49. The van der Waals surface area contributed by atoms with Crippen molar-refractivity contribution < 1.29 is 9.59 Å². The predicted octanol–water partition coefficient (Wildman–Crippen LogP) is 4.32. The third-order valence-electron chi connectivity index (χ3n) is 7.14. The average molecular weight is 389 g/mol. The van der Waals surface area contributed by atoms with Crippen LogP contribution in [0.15, 0.2) is 48.5 Å². The highest BCUT2D eigenvalue weighted by Crippen LogP contribution is 2.41. The molecule has 2 aromatic carbocycles. The summed E-state index contributed by atoms with van der Waals surface area (Å²) in [6.07, 6.45) is 6.62. The molecule has 2 aromatic rings. The first-order valence-electron chi connectivity index (χ1n) is 10.9. The summed E-state index contributed by atoms with van der Waals surface area (Å²) in [7, 11) is 0. The van der Waals surface area contributed by atoms with Gasteiger partial charge in [-0.15, -0.1) is 0 Å². The number of fused-ring (bicyclic) bond motifs is 2. The Labute approximate surface area is 172 Å². The Hall–Kier alpha value is -2.62. The van der Waals surface area contributed by atoms with Gasteiger partial charge in [-0.2, -0.15) is 0 Å². The third kappa shape index (κ3) is 3.25. The van der Waals surface area contributed by atoms with E-state index in [4.69, 9.17) is 0 Å². The molecular weight excluding hydrogens is 360 g/mol. The summed E-state index contributed by atoms with van der Waals surface area (Å²) in [4.78, 5) is 30.7. The van der Waals surface area contributed by atoms with Gasteiger partial charge in [-0.1, -0.05) is 61.7 Å². The number of carbonyl (C=O) groups is 2. The highest BCUT2D eigenvalue weighted by atomic mass is 16.2. The van der Waals surface area contributed by atoms with Crippen molar-refractivity contribution in [1.29, 1.82) is 0 Å². The van der Waals surface area contributed by atoms with Gasteiger partial charge in [0.1, 0.15) is 0 Å². The average Bonchev–Trinajstić information content (AvgIpc) is 3.11. The second-order valence-corrected chi connectivity index (χ2v) is 8.84. The zero-order valence-corrected chi connectivity index (χ0v) is 16.9. The topological polar surface area (TPSA) is 40.6 Å². The number of hydrogen-bond acceptors (Lipinski definition) is 2. The standard InChI is InChI=1S/C25H28N2O2/c28-23(26-15-12-19-8-2-3-9-20(19)17-26)16-25(13-6-1-7-14-25)27-18-21-10-4-5-11-22(21)24(27)29/h2-5,8-11H,1,6-7,12-18H2. The summed E-state index contributed by atoms with van der Waals surface area (Å²) in [6.45, 7) is 2.12. The van der Waals surface area contributed by atoms with Crippen LogP contribution in [0.25, 0.3) is 0 Å². The SMILES string of the molecule is O=C(CC1(N2Cc3ccccc3C2=O)CCCCC1)N1CCc2ccccc2C1. The second-order valence-electron chi connectivity index (χ2n) is 8.84. The van der Waals surface area contributed by atoms with E-state index in [9.17, 15) is 9.59 Å². The molecule has 4 heteroatoms. The molecule has 29 heavy (non-hydrogen) atoms. The van der Waals surface area contributed by atoms with Gasteiger partial charge >= 0.3 is 0 Å². The fraction of sp³-hybridized carbons (Fsp3) is 0.440. The fourth-order valence-corrected chi connectivity index (χ4v) is 5.49. The molecule has 2 aliphatic heterocycles. The minimum atomic E-state index is -0.331. The van der Waals surface area contributed by atoms with Crippen LogP contribution in [0.1, 0.15) is 65.6 Å². The first-order chi connectivity index (χ1) is 14.2. The first-order valence-corrected chi connectivity index (χ1v) is 10.9. The molecule has 0 spiro atoms. The molecule has 1 aliphatic carbocycles. The summed E-state index contributed by atoms with van der Waals surface area (Å²) in [5.74, 6) is 0.310. The molecule has 0 unspecified atom stereocenters. The maximum Gasteiger partial charge on any atom is 0.254 e. The number of nitrogens with zero attached hydrogens (tertiary/aromatic N) is 2. The van der Waals surface area contributed by atoms with E-state index in [1.165, 1.54) is 17.5 Å². The highest BCUT2D eigenvalue weighted by Gasteiger charge is 2.46. The molecular formula is C25H28N2O2. The van der Waals surface area contributed by atoms with Gasteiger partial charge in [-0.25, -0.2) is 0 Å². The summed E-state index contributed by atoms with van der Waals surface area (Å²) in [5, 5.41) is 0. The van der Waals surface area contributed by atoms with Crippen LogP contribution in [0.4, 0.5) is 0 Å². The van der Waals surface area contributed by atoms with Crippen LogP contribution in [0.3, 0.4) is 0 Å². The molecule has 5 rings (SSSR count). The molecule has 0 bridgehead atoms. The maximum absolute atomic E-state index is 13.4. The van der Waals surface area contributed by atoms with Crippen molar-refractivity contribution in [3.05, 3.63) is 70.8 Å². The monoisotopic (exact) mass is 388 g/mol. The van der Waals surface area contributed by atoms with E-state index in [1.807, 2.05) is 34.1 Å². The molecule has 3 aliphatic rings. The van der Waals surface area contributed by atoms with E-state index in [0.717, 1.165) is 49.8 Å². The first kappa shape index (κ1) is 18.4. The normalized spacial score (nSPS) is 20.3. The zero-order valence-electron chi connectivity index (χ0n) is 16.9. The van der Waals surface area contributed by atoms with Gasteiger partial charge in [0.2, 0.25) is 5.91 Å². The minimum Gasteiger partial charge on any atom is -0.338 e. The lowest BCUT2D eigenvalue weighted by Gasteiger charge is -2.45. The second kappa shape index (κ2) is 7.33. The molecule has 2 heterocycles. The minimum absolute atomic E-state index is 0.110. The van der Waals surface area contributed by atoms with Crippen molar-refractivity contribution in [2.24, 2.45) is 0 Å². The number of carbonyl (C=O) groups excluding carboxylic acids is 2. The molecule has 0 saturated heterocycles. The molecule has 0 aromatic heterocycles. The van der Waals surface area contributed by atoms with Crippen molar-refractivity contribution in [2.75, 3.05) is 6.54 Å². The van der Waals surface area contributed by atoms with Crippen LogP contribution in [-0.2, 0) is 24.3 Å². The smallest absolute Gasteiger partial charge is 0.254 e. The largest absolute Gasteiger partial charge is 0.338 e. The van der Waals surface area contributed by atoms with Crippen molar-refractivity contribution >= 4 is 11.8 Å². The van der Waals surface area contributed by atoms with E-state index in [1.54, 1.807) is 0 Å². The van der Waals surface area contributed by atoms with Crippen LogP contribution in [0.2, 0.25) is 0 Å². The zero-order chi connectivity index (χ0) is 19.8. The summed E-state index contributed by atoms with van der Waals surface area (Å²) >= 11 is 0. The van der Waals surface area contributed by atoms with E-state index in [-0.39, 0.29) is 17.4 Å². The van der Waals surface area contributed by atoms with E-state index < -0.39 is 0 Å². The maximum atomic E-state index is 13.4. The lowest BCUT2D eigenvalue weighted by Crippen LogP contribution is -2.53. The molecule has 2 amide bonds. The Bertz CT molecular complexity index is 945. The van der Waals surface area contributed by atoms with Gasteiger partial charge in [0.25, 0.3) is 5.91 Å². The van der Waals surface area contributed by atoms with Gasteiger partial charge in [0.05, 0.1) is 12.0 Å². The van der Waals surface area contributed by atoms with E-state index >= 15 is 0 Å². The van der Waals surface area contributed by atoms with Crippen LogP contribution >= 0.6 is 0 Å². The lowest BCUT2D eigenvalue weighted by atomic mass is 9.77. The van der Waals surface area contributed by atoms with Gasteiger partial charge < -0.3 is 9.80 Å². The van der Waals surface area contributed by atoms with Crippen LogP contribution in [0, 0.1) is 0 Å². The van der Waals surface area contributed by atoms with E-state index in [2.05, 4.69) is 24.3 Å². The van der Waals surface area contributed by atoms with Gasteiger partial charge in [0, 0.05) is 25.2 Å². The van der Waals surface area contributed by atoms with Crippen molar-refractivity contribution in [3.8, 4) is 0 Å². The summed E-state index contributed by atoms with van der Waals surface area (Å²) < 4.78 is 0. The number of rotatable bonds is 3. The Balaban J connectivity index is 1.38. The number of amides is 2. The van der Waals surface area contributed by atoms with Crippen LogP contribution < -0.4 is 0 Å². The Kier molecular flexibility index (Phi) is 4.65. The number of benzene rings is 2. The van der Waals surface area contributed by atoms with Gasteiger partial charge in [-0.3, -0.25) is 9.59 Å². The Morgan fingerprint density at radius 2 is 1.55 bits per heavy atom. The summed E-state index contributed by atoms with van der Waals surface area (Å²) in [6, 6.07) is 16.3. The Morgan fingerprint density at radius 1 is 0.862 bits per heavy atom. The van der Waals surface area contributed by atoms with Crippen LogP contribution in [0.5, 0.6) is 0 Å². The van der Waals surface area contributed by atoms with Crippen LogP contribution in [-0.4, -0.2) is 33.7 Å². The molecule has 0 atom stereocenters. The van der Waals surface area contributed by atoms with Crippen molar-refractivity contribution in [3.63, 3.8) is 0 Å². The van der Waals surface area contributed by atoms with Crippen molar-refractivity contribution in [1.82, 2.24) is 9.80 Å². The quantitative estimate of drug-likeness (QED) is 0.786. The van der Waals surface area contributed by atoms with Gasteiger partial charge in [0.15, 0.2) is 0 Å². The molecule has 4 nitrogen and oxygen atoms in total. The highest BCUT2D eigenvalue weighted by molar-refractivity contribution is 5.99. The Morgan fingerprint density at radius 3 is 2.31 bits per heavy atom. The predicted molar refractivity (Wildman–Crippen MR) is 112 cm³/mol. The molecule has 150 valence electrons. The third-order valence-corrected chi connectivity index (χ3v) is 7.14.